The van der Waals surface area contributed by atoms with Crippen LogP contribution in [0.25, 0.3) is 10.4 Å². The molecular weight excluding hydrogens is 518 g/mol. The van der Waals surface area contributed by atoms with E-state index >= 15 is 0 Å². The quantitative estimate of drug-likeness (QED) is 0.561. The largest absolute Gasteiger partial charge is 0.444 e. The number of piperazine rings is 1. The second-order valence-electron chi connectivity index (χ2n) is 11.3. The summed E-state index contributed by atoms with van der Waals surface area (Å²) in [5.41, 5.74) is 4.29. The maximum absolute atomic E-state index is 13.4. The van der Waals surface area contributed by atoms with Crippen molar-refractivity contribution in [2.75, 3.05) is 32.7 Å². The lowest BCUT2D eigenvalue weighted by atomic mass is 10.1. The van der Waals surface area contributed by atoms with Crippen LogP contribution in [0.2, 0.25) is 0 Å². The summed E-state index contributed by atoms with van der Waals surface area (Å²) in [7, 11) is 0. The van der Waals surface area contributed by atoms with Gasteiger partial charge in [-0.2, -0.15) is 0 Å². The number of nitrogens with zero attached hydrogens (tertiary/aromatic N) is 4. The number of benzene rings is 1. The second kappa shape index (κ2) is 12.0. The minimum Gasteiger partial charge on any atom is -0.444 e. The zero-order valence-corrected chi connectivity index (χ0v) is 24.2. The molecule has 2 aromatic rings. The Morgan fingerprint density at radius 2 is 1.82 bits per heavy atom. The number of nitrogens with one attached hydrogen (secondary N) is 1. The summed E-state index contributed by atoms with van der Waals surface area (Å²) < 4.78 is 5.46. The molecule has 0 radical (unpaired) electrons. The van der Waals surface area contributed by atoms with Crippen molar-refractivity contribution in [1.29, 1.82) is 0 Å². The molecule has 0 aliphatic carbocycles. The summed E-state index contributed by atoms with van der Waals surface area (Å²) in [5, 5.41) is 13.3. The van der Waals surface area contributed by atoms with Gasteiger partial charge in [-0.15, -0.1) is 11.3 Å². The molecule has 212 valence electrons. The van der Waals surface area contributed by atoms with Crippen LogP contribution in [0.3, 0.4) is 0 Å². The van der Waals surface area contributed by atoms with Gasteiger partial charge in [0.05, 0.1) is 28.2 Å². The Morgan fingerprint density at radius 1 is 1.15 bits per heavy atom. The summed E-state index contributed by atoms with van der Waals surface area (Å²) in [5.74, 6) is -0.467. The first-order valence-electron chi connectivity index (χ1n) is 13.4. The Balaban J connectivity index is 1.31. The fourth-order valence-electron chi connectivity index (χ4n) is 4.98. The predicted molar refractivity (Wildman–Crippen MR) is 149 cm³/mol. The number of amides is 3. The van der Waals surface area contributed by atoms with Crippen LogP contribution in [0.1, 0.15) is 45.4 Å². The van der Waals surface area contributed by atoms with E-state index in [0.717, 1.165) is 21.7 Å². The average molecular weight is 558 g/mol. The van der Waals surface area contributed by atoms with Crippen LogP contribution < -0.4 is 5.32 Å². The molecule has 39 heavy (non-hydrogen) atoms. The average Bonchev–Trinajstić information content (AvgIpc) is 3.51. The van der Waals surface area contributed by atoms with Crippen LogP contribution in [0.4, 0.5) is 4.79 Å². The van der Waals surface area contributed by atoms with E-state index in [1.165, 1.54) is 4.90 Å². The lowest BCUT2D eigenvalue weighted by molar-refractivity contribution is -0.142. The number of β-amino-alcohol motifs (C(OH)–C–C–N with tert-alkyl or cyclic N) is 1. The van der Waals surface area contributed by atoms with Crippen molar-refractivity contribution in [2.24, 2.45) is 0 Å². The number of rotatable bonds is 6. The highest BCUT2D eigenvalue weighted by molar-refractivity contribution is 7.13. The maximum atomic E-state index is 13.4. The number of aliphatic hydroxyl groups excluding tert-OH is 1. The van der Waals surface area contributed by atoms with Crippen molar-refractivity contribution >= 4 is 29.2 Å². The third-order valence-electron chi connectivity index (χ3n) is 7.16. The molecule has 2 N–H and O–H groups in total. The molecule has 4 rings (SSSR count). The molecule has 3 amide bonds. The fourth-order valence-corrected chi connectivity index (χ4v) is 5.79. The SMILES string of the molecule is Cc1ncsc1-c1ccc(CNC(=O)[C@H]2C[C@@H](O)CN2C(=O)C(C)N2CCN(C(=O)OC(C)(C)C)CC2)cc1. The summed E-state index contributed by atoms with van der Waals surface area (Å²) in [6, 6.07) is 6.77. The smallest absolute Gasteiger partial charge is 0.410 e. The number of aromatic nitrogens is 1. The molecule has 10 nitrogen and oxygen atoms in total. The molecule has 0 saturated carbocycles. The van der Waals surface area contributed by atoms with Gasteiger partial charge in [-0.25, -0.2) is 9.78 Å². The first-order valence-corrected chi connectivity index (χ1v) is 14.3. The van der Waals surface area contributed by atoms with E-state index in [1.807, 2.05) is 69.3 Å². The van der Waals surface area contributed by atoms with Crippen LogP contribution in [0.15, 0.2) is 29.8 Å². The summed E-state index contributed by atoms with van der Waals surface area (Å²) >= 11 is 1.59. The zero-order valence-electron chi connectivity index (χ0n) is 23.3. The van der Waals surface area contributed by atoms with Gasteiger partial charge in [0.2, 0.25) is 11.8 Å². The first-order chi connectivity index (χ1) is 18.4. The maximum Gasteiger partial charge on any atom is 0.410 e. The van der Waals surface area contributed by atoms with Crippen molar-refractivity contribution in [3.05, 3.63) is 41.0 Å². The minimum atomic E-state index is -0.747. The Labute approximate surface area is 233 Å². The normalized spacial score (nSPS) is 21.1. The summed E-state index contributed by atoms with van der Waals surface area (Å²) in [6.45, 7) is 11.7. The molecule has 1 aromatic carbocycles. The van der Waals surface area contributed by atoms with Gasteiger partial charge in [-0.05, 0) is 45.7 Å². The number of likely N-dealkylation sites (tertiary alicyclic amines) is 1. The van der Waals surface area contributed by atoms with Gasteiger partial charge in [0.15, 0.2) is 0 Å². The number of thiazole rings is 1. The highest BCUT2D eigenvalue weighted by Gasteiger charge is 2.41. The Hall–Kier alpha value is -3.02. The molecule has 11 heteroatoms. The lowest BCUT2D eigenvalue weighted by Crippen LogP contribution is -2.57. The molecule has 3 heterocycles. The van der Waals surface area contributed by atoms with E-state index in [4.69, 9.17) is 4.74 Å². The van der Waals surface area contributed by atoms with E-state index in [1.54, 1.807) is 16.2 Å². The van der Waals surface area contributed by atoms with Gasteiger partial charge < -0.3 is 25.0 Å². The topological polar surface area (TPSA) is 115 Å². The van der Waals surface area contributed by atoms with Gasteiger partial charge in [-0.1, -0.05) is 24.3 Å². The van der Waals surface area contributed by atoms with Gasteiger partial charge in [0.1, 0.15) is 11.6 Å². The molecule has 0 bridgehead atoms. The first kappa shape index (κ1) is 29.0. The predicted octanol–water partition coefficient (Wildman–Crippen LogP) is 2.64. The van der Waals surface area contributed by atoms with Crippen LogP contribution in [0, 0.1) is 6.92 Å². The molecule has 2 fully saturated rings. The van der Waals surface area contributed by atoms with Gasteiger partial charge >= 0.3 is 6.09 Å². The van der Waals surface area contributed by atoms with Crippen molar-refractivity contribution in [2.45, 2.75) is 71.4 Å². The monoisotopic (exact) mass is 557 g/mol. The second-order valence-corrected chi connectivity index (χ2v) is 12.1. The van der Waals surface area contributed by atoms with Crippen molar-refractivity contribution < 1.29 is 24.2 Å². The number of carbonyl (C=O) groups is 3. The summed E-state index contributed by atoms with van der Waals surface area (Å²) in [6.07, 6.45) is -0.892. The highest BCUT2D eigenvalue weighted by atomic mass is 32.1. The Bertz CT molecular complexity index is 1170. The third kappa shape index (κ3) is 7.14. The molecule has 0 spiro atoms. The van der Waals surface area contributed by atoms with E-state index < -0.39 is 23.8 Å². The standard InChI is InChI=1S/C28H39N5O5S/c1-18-24(39-17-30-18)21-8-6-20(7-9-21)15-29-25(35)23-14-22(34)16-33(23)26(36)19(2)31-10-12-32(13-11-31)27(37)38-28(3,4)5/h6-9,17,19,22-23,34H,10-16H2,1-5H3,(H,29,35)/t19?,22-,23-/m1/s1. The molecular formula is C28H39N5O5S. The summed E-state index contributed by atoms with van der Waals surface area (Å²) in [4.78, 5) is 49.5. The van der Waals surface area contributed by atoms with E-state index in [-0.39, 0.29) is 30.9 Å². The van der Waals surface area contributed by atoms with Crippen LogP contribution in [0.5, 0.6) is 0 Å². The molecule has 2 aliphatic heterocycles. The van der Waals surface area contributed by atoms with E-state index in [0.29, 0.717) is 32.7 Å². The van der Waals surface area contributed by atoms with Gasteiger partial charge in [0.25, 0.3) is 0 Å². The van der Waals surface area contributed by atoms with Gasteiger partial charge in [0, 0.05) is 45.7 Å². The number of aryl methyl sites for hydroxylation is 1. The molecule has 2 aliphatic rings. The Morgan fingerprint density at radius 3 is 2.41 bits per heavy atom. The number of aliphatic hydroxyl groups is 1. The molecule has 2 saturated heterocycles. The molecule has 1 unspecified atom stereocenters. The Kier molecular flexibility index (Phi) is 8.93. The number of hydrogen-bond acceptors (Lipinski definition) is 8. The van der Waals surface area contributed by atoms with E-state index in [2.05, 4.69) is 10.3 Å². The number of ether oxygens (including phenoxy) is 1. The zero-order chi connectivity index (χ0) is 28.3. The molecule has 3 atom stereocenters. The number of hydrogen-bond donors (Lipinski definition) is 2. The molecule has 1 aromatic heterocycles. The van der Waals surface area contributed by atoms with Crippen molar-refractivity contribution in [3.63, 3.8) is 0 Å². The van der Waals surface area contributed by atoms with Crippen LogP contribution in [-0.2, 0) is 20.9 Å². The van der Waals surface area contributed by atoms with E-state index in [9.17, 15) is 19.5 Å². The van der Waals surface area contributed by atoms with Crippen molar-refractivity contribution in [1.82, 2.24) is 25.0 Å². The lowest BCUT2D eigenvalue weighted by Gasteiger charge is -2.39. The van der Waals surface area contributed by atoms with Gasteiger partial charge in [-0.3, -0.25) is 14.5 Å². The highest BCUT2D eigenvalue weighted by Crippen LogP contribution is 2.27. The van der Waals surface area contributed by atoms with Crippen molar-refractivity contribution in [3.8, 4) is 10.4 Å². The van der Waals surface area contributed by atoms with Crippen LogP contribution >= 0.6 is 11.3 Å². The van der Waals surface area contributed by atoms with Crippen LogP contribution in [-0.4, -0.2) is 99.2 Å². The fraction of sp³-hybridized carbons (Fsp3) is 0.571. The number of carbonyl (C=O) groups excluding carboxylic acids is 3. The minimum absolute atomic E-state index is 0.127. The third-order valence-corrected chi connectivity index (χ3v) is 8.14.